The number of carbonyl (C=O) groups is 1. The number of hydrogen-bond acceptors (Lipinski definition) is 3. The van der Waals surface area contributed by atoms with Gasteiger partial charge in [0.1, 0.15) is 6.04 Å². The molecule has 4 rings (SSSR count). The van der Waals surface area contributed by atoms with E-state index in [0.717, 1.165) is 26.6 Å². The maximum absolute atomic E-state index is 13.2. The summed E-state index contributed by atoms with van der Waals surface area (Å²) in [5, 5.41) is 9.63. The van der Waals surface area contributed by atoms with Gasteiger partial charge < -0.3 is 5.11 Å². The summed E-state index contributed by atoms with van der Waals surface area (Å²) in [6, 6.07) is 22.5. The number of hydrogen-bond donors (Lipinski definition) is 1. The van der Waals surface area contributed by atoms with Crippen LogP contribution >= 0.6 is 0 Å². The average molecular weight is 393 g/mol. The van der Waals surface area contributed by atoms with Crippen molar-refractivity contribution in [2.24, 2.45) is 0 Å². The smallest absolute Gasteiger partial charge is 0.322 e. The Labute approximate surface area is 163 Å². The molecule has 28 heavy (non-hydrogen) atoms. The van der Waals surface area contributed by atoms with Crippen LogP contribution in [0.15, 0.2) is 83.8 Å². The summed E-state index contributed by atoms with van der Waals surface area (Å²) < 4.78 is 27.5. The molecular weight excluding hydrogens is 374 g/mol. The number of nitrogens with zero attached hydrogens (tertiary/aromatic N) is 1. The van der Waals surface area contributed by atoms with Crippen LogP contribution in [0, 0.1) is 0 Å². The summed E-state index contributed by atoms with van der Waals surface area (Å²) >= 11 is 0. The van der Waals surface area contributed by atoms with Crippen LogP contribution in [0.5, 0.6) is 0 Å². The first kappa shape index (κ1) is 18.4. The highest BCUT2D eigenvalue weighted by atomic mass is 32.2. The summed E-state index contributed by atoms with van der Waals surface area (Å²) in [4.78, 5) is 11.9. The van der Waals surface area contributed by atoms with Crippen LogP contribution < -0.4 is 0 Å². The van der Waals surface area contributed by atoms with Crippen LogP contribution in [0.25, 0.3) is 11.1 Å². The van der Waals surface area contributed by atoms with Crippen molar-refractivity contribution in [1.29, 1.82) is 0 Å². The van der Waals surface area contributed by atoms with Gasteiger partial charge in [-0.1, -0.05) is 66.7 Å². The van der Waals surface area contributed by atoms with Crippen molar-refractivity contribution < 1.29 is 18.3 Å². The molecule has 0 aliphatic carbocycles. The molecule has 1 heterocycles. The van der Waals surface area contributed by atoms with Gasteiger partial charge in [0, 0.05) is 13.0 Å². The lowest BCUT2D eigenvalue weighted by molar-refractivity contribution is -0.141. The van der Waals surface area contributed by atoms with Gasteiger partial charge in [-0.3, -0.25) is 4.79 Å². The maximum Gasteiger partial charge on any atom is 0.322 e. The Balaban J connectivity index is 1.70. The number of fused-ring (bicyclic) bond motifs is 1. The molecular formula is C22H19NO4S. The fourth-order valence-corrected chi connectivity index (χ4v) is 5.11. The molecule has 0 saturated heterocycles. The van der Waals surface area contributed by atoms with E-state index in [9.17, 15) is 18.3 Å². The monoisotopic (exact) mass is 393 g/mol. The molecule has 0 aromatic heterocycles. The molecule has 5 nitrogen and oxygen atoms in total. The first-order valence-electron chi connectivity index (χ1n) is 8.94. The second-order valence-electron chi connectivity index (χ2n) is 6.77. The number of sulfonamides is 1. The largest absolute Gasteiger partial charge is 0.480 e. The molecule has 0 amide bonds. The van der Waals surface area contributed by atoms with E-state index in [2.05, 4.69) is 0 Å². The topological polar surface area (TPSA) is 74.7 Å². The molecule has 1 aliphatic rings. The van der Waals surface area contributed by atoms with Crippen molar-refractivity contribution in [3.63, 3.8) is 0 Å². The predicted molar refractivity (Wildman–Crippen MR) is 106 cm³/mol. The van der Waals surface area contributed by atoms with E-state index >= 15 is 0 Å². The minimum atomic E-state index is -3.95. The van der Waals surface area contributed by atoms with Crippen molar-refractivity contribution in [2.45, 2.75) is 23.9 Å². The van der Waals surface area contributed by atoms with Gasteiger partial charge in [-0.2, -0.15) is 4.31 Å². The van der Waals surface area contributed by atoms with Crippen molar-refractivity contribution in [2.75, 3.05) is 0 Å². The van der Waals surface area contributed by atoms with Crippen molar-refractivity contribution in [1.82, 2.24) is 4.31 Å². The fourth-order valence-electron chi connectivity index (χ4n) is 3.55. The Bertz CT molecular complexity index is 1110. The zero-order valence-corrected chi connectivity index (χ0v) is 15.8. The van der Waals surface area contributed by atoms with Crippen LogP contribution in [0.4, 0.5) is 0 Å². The summed E-state index contributed by atoms with van der Waals surface area (Å²) in [7, 11) is -3.95. The Kier molecular flexibility index (Phi) is 4.75. The van der Waals surface area contributed by atoms with E-state index in [1.54, 1.807) is 12.1 Å². The minimum absolute atomic E-state index is 0.0515. The predicted octanol–water partition coefficient (Wildman–Crippen LogP) is 3.55. The number of aliphatic carboxylic acids is 1. The quantitative estimate of drug-likeness (QED) is 0.736. The Hall–Kier alpha value is -2.96. The Morgan fingerprint density at radius 2 is 1.39 bits per heavy atom. The molecule has 3 aromatic rings. The van der Waals surface area contributed by atoms with Crippen LogP contribution in [-0.4, -0.2) is 29.8 Å². The van der Waals surface area contributed by atoms with Crippen molar-refractivity contribution >= 4 is 16.0 Å². The Morgan fingerprint density at radius 1 is 0.821 bits per heavy atom. The first-order chi connectivity index (χ1) is 13.5. The van der Waals surface area contributed by atoms with Gasteiger partial charge in [0.2, 0.25) is 10.0 Å². The number of carboxylic acids is 1. The van der Waals surface area contributed by atoms with E-state index in [-0.39, 0.29) is 17.9 Å². The van der Waals surface area contributed by atoms with Gasteiger partial charge in [0.25, 0.3) is 0 Å². The molecule has 0 spiro atoms. The van der Waals surface area contributed by atoms with E-state index < -0.39 is 22.0 Å². The fraction of sp³-hybridized carbons (Fsp3) is 0.136. The van der Waals surface area contributed by atoms with Gasteiger partial charge >= 0.3 is 5.97 Å². The lowest BCUT2D eigenvalue weighted by Crippen LogP contribution is -2.48. The maximum atomic E-state index is 13.2. The van der Waals surface area contributed by atoms with E-state index in [1.807, 2.05) is 54.6 Å². The second-order valence-corrected chi connectivity index (χ2v) is 8.66. The normalized spacial score (nSPS) is 17.1. The molecule has 1 atom stereocenters. The molecule has 1 aliphatic heterocycles. The molecule has 0 unspecified atom stereocenters. The Morgan fingerprint density at radius 3 is 2.04 bits per heavy atom. The van der Waals surface area contributed by atoms with E-state index in [1.165, 1.54) is 12.1 Å². The lowest BCUT2D eigenvalue weighted by atomic mass is 9.96. The van der Waals surface area contributed by atoms with Crippen LogP contribution in [0.1, 0.15) is 11.1 Å². The first-order valence-corrected chi connectivity index (χ1v) is 10.4. The van der Waals surface area contributed by atoms with Crippen LogP contribution in [0.3, 0.4) is 0 Å². The summed E-state index contributed by atoms with van der Waals surface area (Å²) in [5.74, 6) is -1.14. The highest BCUT2D eigenvalue weighted by molar-refractivity contribution is 7.89. The molecule has 0 fully saturated rings. The summed E-state index contributed by atoms with van der Waals surface area (Å²) in [5.41, 5.74) is 3.60. The third-order valence-electron chi connectivity index (χ3n) is 5.06. The third-order valence-corrected chi connectivity index (χ3v) is 6.93. The van der Waals surface area contributed by atoms with Gasteiger partial charge in [0.15, 0.2) is 0 Å². The van der Waals surface area contributed by atoms with Gasteiger partial charge in [-0.05, 0) is 34.4 Å². The van der Waals surface area contributed by atoms with Gasteiger partial charge in [-0.25, -0.2) is 8.42 Å². The van der Waals surface area contributed by atoms with E-state index in [0.29, 0.717) is 0 Å². The molecule has 3 aromatic carbocycles. The second kappa shape index (κ2) is 7.22. The standard InChI is InChI=1S/C22H19NO4S/c24-22(25)21-14-18-8-4-5-9-19(18)15-23(21)28(26,27)20-12-10-17(11-13-20)16-6-2-1-3-7-16/h1-13,21H,14-15H2,(H,24,25)/t21-/m0/s1. The average Bonchev–Trinajstić information content (AvgIpc) is 2.73. The van der Waals surface area contributed by atoms with Crippen molar-refractivity contribution in [3.05, 3.63) is 90.0 Å². The summed E-state index contributed by atoms with van der Waals surface area (Å²) in [6.45, 7) is 0.0515. The van der Waals surface area contributed by atoms with Gasteiger partial charge in [-0.15, -0.1) is 0 Å². The number of benzene rings is 3. The number of rotatable bonds is 4. The SMILES string of the molecule is O=C(O)[C@@H]1Cc2ccccc2CN1S(=O)(=O)c1ccc(-c2ccccc2)cc1. The highest BCUT2D eigenvalue weighted by Crippen LogP contribution is 2.30. The molecule has 0 saturated carbocycles. The van der Waals surface area contributed by atoms with Crippen LogP contribution in [-0.2, 0) is 27.8 Å². The molecule has 0 bridgehead atoms. The van der Waals surface area contributed by atoms with Gasteiger partial charge in [0.05, 0.1) is 4.90 Å². The third kappa shape index (κ3) is 3.32. The molecule has 6 heteroatoms. The highest BCUT2D eigenvalue weighted by Gasteiger charge is 2.39. The number of carboxylic acid groups (broad SMARTS) is 1. The minimum Gasteiger partial charge on any atom is -0.480 e. The zero-order chi connectivity index (χ0) is 19.7. The molecule has 0 radical (unpaired) electrons. The lowest BCUT2D eigenvalue weighted by Gasteiger charge is -2.33. The van der Waals surface area contributed by atoms with E-state index in [4.69, 9.17) is 0 Å². The summed E-state index contributed by atoms with van der Waals surface area (Å²) in [6.07, 6.45) is 0.160. The molecule has 1 N–H and O–H groups in total. The zero-order valence-electron chi connectivity index (χ0n) is 15.0. The van der Waals surface area contributed by atoms with Crippen molar-refractivity contribution in [3.8, 4) is 11.1 Å². The molecule has 142 valence electrons. The van der Waals surface area contributed by atoms with Crippen LogP contribution in [0.2, 0.25) is 0 Å².